The van der Waals surface area contributed by atoms with Crippen molar-refractivity contribution in [1.82, 2.24) is 0 Å². The van der Waals surface area contributed by atoms with Crippen molar-refractivity contribution in [2.24, 2.45) is 0 Å². The highest BCUT2D eigenvalue weighted by Crippen LogP contribution is 2.60. The minimum absolute atomic E-state index is 0. The second kappa shape index (κ2) is 23.2. The fourth-order valence-electron chi connectivity index (χ4n) is 4.74. The fraction of sp³-hybridized carbons (Fsp3) is 1.00. The van der Waals surface area contributed by atoms with E-state index in [-0.39, 0.29) is 17.0 Å². The molecule has 0 bridgehead atoms. The SMILES string of the molecule is CCCCCCCCCCCCCCCC[P+](CCC)(CCC)CCC.[Br-]. The largest absolute Gasteiger partial charge is 1.00 e. The van der Waals surface area contributed by atoms with Crippen LogP contribution in [0.25, 0.3) is 0 Å². The second-order valence-electron chi connectivity index (χ2n) is 8.83. The third kappa shape index (κ3) is 18.7. The van der Waals surface area contributed by atoms with Gasteiger partial charge in [-0.2, -0.15) is 0 Å². The van der Waals surface area contributed by atoms with E-state index in [2.05, 4.69) is 27.7 Å². The molecule has 27 heavy (non-hydrogen) atoms. The topological polar surface area (TPSA) is 0 Å². The average Bonchev–Trinajstić information content (AvgIpc) is 2.63. The van der Waals surface area contributed by atoms with Crippen LogP contribution < -0.4 is 17.0 Å². The van der Waals surface area contributed by atoms with Gasteiger partial charge in [0.05, 0.1) is 24.6 Å². The van der Waals surface area contributed by atoms with Gasteiger partial charge in [0.15, 0.2) is 0 Å². The first-order valence-electron chi connectivity index (χ1n) is 12.6. The molecule has 0 heterocycles. The Morgan fingerprint density at radius 2 is 0.630 bits per heavy atom. The maximum atomic E-state index is 2.41. The van der Waals surface area contributed by atoms with Gasteiger partial charge in [0.2, 0.25) is 0 Å². The van der Waals surface area contributed by atoms with E-state index in [4.69, 9.17) is 0 Å². The summed E-state index contributed by atoms with van der Waals surface area (Å²) in [4.78, 5) is 0. The van der Waals surface area contributed by atoms with E-state index >= 15 is 0 Å². The first-order valence-corrected chi connectivity index (χ1v) is 15.1. The lowest BCUT2D eigenvalue weighted by molar-refractivity contribution is -0.00000604. The standard InChI is InChI=1S/C25H54P.BrH/c1-5-9-10-11-12-13-14-15-16-17-18-19-20-21-25-26(22-6-2,23-7-3)24-8-4;/h5-25H2,1-4H3;1H/q+1;/p-1. The molecule has 0 aliphatic heterocycles. The average molecular weight is 466 g/mol. The molecule has 0 saturated carbocycles. The van der Waals surface area contributed by atoms with E-state index in [1.807, 2.05) is 0 Å². The molecule has 0 rings (SSSR count). The molecule has 0 aliphatic rings. The summed E-state index contributed by atoms with van der Waals surface area (Å²) in [6.07, 6.45) is 31.4. The molecule has 0 aromatic rings. The highest BCUT2D eigenvalue weighted by atomic mass is 79.9. The Morgan fingerprint density at radius 1 is 0.333 bits per heavy atom. The van der Waals surface area contributed by atoms with E-state index < -0.39 is 7.26 Å². The monoisotopic (exact) mass is 464 g/mol. The van der Waals surface area contributed by atoms with Gasteiger partial charge in [-0.1, -0.05) is 105 Å². The Morgan fingerprint density at radius 3 is 0.926 bits per heavy atom. The molecule has 0 nitrogen and oxygen atoms in total. The predicted molar refractivity (Wildman–Crippen MR) is 128 cm³/mol. The quantitative estimate of drug-likeness (QED) is 0.130. The minimum Gasteiger partial charge on any atom is -1.00 e. The first kappa shape index (κ1) is 30.1. The summed E-state index contributed by atoms with van der Waals surface area (Å²) < 4.78 is 0. The van der Waals surface area contributed by atoms with Crippen LogP contribution in [0.3, 0.4) is 0 Å². The van der Waals surface area contributed by atoms with Crippen molar-refractivity contribution < 1.29 is 17.0 Å². The maximum absolute atomic E-state index is 2.41. The van der Waals surface area contributed by atoms with Crippen molar-refractivity contribution in [1.29, 1.82) is 0 Å². The lowest BCUT2D eigenvalue weighted by atomic mass is 10.0. The van der Waals surface area contributed by atoms with Gasteiger partial charge in [-0.15, -0.1) is 0 Å². The molecular formula is C25H54BrP. The lowest BCUT2D eigenvalue weighted by Crippen LogP contribution is -3.00. The lowest BCUT2D eigenvalue weighted by Gasteiger charge is -2.27. The fourth-order valence-corrected chi connectivity index (χ4v) is 9.82. The summed E-state index contributed by atoms with van der Waals surface area (Å²) in [7, 11) is -0.581. The molecule has 0 amide bonds. The van der Waals surface area contributed by atoms with Gasteiger partial charge in [-0.05, 0) is 32.1 Å². The van der Waals surface area contributed by atoms with Crippen molar-refractivity contribution in [2.45, 2.75) is 137 Å². The summed E-state index contributed by atoms with van der Waals surface area (Å²) in [5, 5.41) is 0. The Hall–Kier alpha value is 0.910. The molecule has 0 aromatic carbocycles. The smallest absolute Gasteiger partial charge is 0.0594 e. The van der Waals surface area contributed by atoms with Gasteiger partial charge < -0.3 is 17.0 Å². The number of unbranched alkanes of at least 4 members (excludes halogenated alkanes) is 13. The summed E-state index contributed by atoms with van der Waals surface area (Å²) in [5.74, 6) is 0. The van der Waals surface area contributed by atoms with Crippen LogP contribution >= 0.6 is 7.26 Å². The molecule has 0 aromatic heterocycles. The highest BCUT2D eigenvalue weighted by Gasteiger charge is 2.33. The van der Waals surface area contributed by atoms with Crippen LogP contribution in [0.15, 0.2) is 0 Å². The van der Waals surface area contributed by atoms with Crippen molar-refractivity contribution in [3.63, 3.8) is 0 Å². The Kier molecular flexibility index (Phi) is 25.9. The minimum atomic E-state index is -0.581. The zero-order valence-electron chi connectivity index (χ0n) is 19.7. The van der Waals surface area contributed by atoms with Gasteiger partial charge in [-0.3, -0.25) is 0 Å². The third-order valence-electron chi connectivity index (χ3n) is 6.08. The van der Waals surface area contributed by atoms with E-state index in [1.165, 1.54) is 109 Å². The molecule has 0 N–H and O–H groups in total. The first-order chi connectivity index (χ1) is 12.7. The number of hydrogen-bond donors (Lipinski definition) is 0. The summed E-state index contributed by atoms with van der Waals surface area (Å²) in [6, 6.07) is 0. The van der Waals surface area contributed by atoms with Gasteiger partial charge in [-0.25, -0.2) is 0 Å². The molecule has 0 aliphatic carbocycles. The van der Waals surface area contributed by atoms with Gasteiger partial charge >= 0.3 is 0 Å². The number of rotatable bonds is 21. The van der Waals surface area contributed by atoms with E-state index in [9.17, 15) is 0 Å². The van der Waals surface area contributed by atoms with Crippen molar-refractivity contribution in [2.75, 3.05) is 24.6 Å². The Balaban J connectivity index is 0. The molecule has 0 saturated heterocycles. The molecule has 0 unspecified atom stereocenters. The van der Waals surface area contributed by atoms with Crippen molar-refractivity contribution in [3.05, 3.63) is 0 Å². The van der Waals surface area contributed by atoms with Gasteiger partial charge in [0.25, 0.3) is 0 Å². The van der Waals surface area contributed by atoms with Gasteiger partial charge in [0.1, 0.15) is 0 Å². The van der Waals surface area contributed by atoms with Crippen LogP contribution in [0.4, 0.5) is 0 Å². The van der Waals surface area contributed by atoms with Crippen molar-refractivity contribution in [3.8, 4) is 0 Å². The Labute approximate surface area is 185 Å². The summed E-state index contributed by atoms with van der Waals surface area (Å²) in [6.45, 7) is 9.53. The molecular weight excluding hydrogens is 411 g/mol. The normalized spacial score (nSPS) is 11.6. The molecule has 166 valence electrons. The van der Waals surface area contributed by atoms with Crippen LogP contribution in [-0.4, -0.2) is 24.6 Å². The number of hydrogen-bond acceptors (Lipinski definition) is 0. The van der Waals surface area contributed by atoms with E-state index in [0.717, 1.165) is 0 Å². The molecule has 0 atom stereocenters. The van der Waals surface area contributed by atoms with Crippen LogP contribution in [0.2, 0.25) is 0 Å². The predicted octanol–water partition coefficient (Wildman–Crippen LogP) is 6.72. The van der Waals surface area contributed by atoms with Crippen LogP contribution in [0, 0.1) is 0 Å². The molecule has 0 spiro atoms. The maximum Gasteiger partial charge on any atom is 0.0594 e. The van der Waals surface area contributed by atoms with Crippen molar-refractivity contribution >= 4 is 7.26 Å². The van der Waals surface area contributed by atoms with Crippen LogP contribution in [-0.2, 0) is 0 Å². The third-order valence-corrected chi connectivity index (χ3v) is 11.5. The second-order valence-corrected chi connectivity index (χ2v) is 13.3. The molecule has 0 radical (unpaired) electrons. The van der Waals surface area contributed by atoms with Gasteiger partial charge in [0, 0.05) is 7.26 Å². The Bertz CT molecular complexity index is 250. The molecule has 2 heteroatoms. The van der Waals surface area contributed by atoms with E-state index in [1.54, 1.807) is 24.6 Å². The van der Waals surface area contributed by atoms with E-state index in [0.29, 0.717) is 0 Å². The van der Waals surface area contributed by atoms with Crippen LogP contribution in [0.1, 0.15) is 137 Å². The van der Waals surface area contributed by atoms with Crippen LogP contribution in [0.5, 0.6) is 0 Å². The number of halogens is 1. The highest BCUT2D eigenvalue weighted by molar-refractivity contribution is 7.75. The molecule has 0 fully saturated rings. The zero-order valence-corrected chi connectivity index (χ0v) is 22.2. The summed E-state index contributed by atoms with van der Waals surface area (Å²) >= 11 is 0. The summed E-state index contributed by atoms with van der Waals surface area (Å²) in [5.41, 5.74) is 0. The zero-order chi connectivity index (χ0) is 19.3.